The minimum absolute atomic E-state index is 0.113. The average molecular weight is 275 g/mol. The van der Waals surface area contributed by atoms with E-state index in [-0.39, 0.29) is 11.9 Å². The van der Waals surface area contributed by atoms with Crippen molar-refractivity contribution in [2.45, 2.75) is 33.7 Å². The van der Waals surface area contributed by atoms with Gasteiger partial charge in [-0.1, -0.05) is 19.9 Å². The maximum Gasteiger partial charge on any atom is 0.256 e. The van der Waals surface area contributed by atoms with E-state index < -0.39 is 0 Å². The fraction of sp³-hybridized carbons (Fsp3) is 0.562. The SMILES string of the molecule is CC(C)CN(C(=O)c1cccc2c1NCCN2)C(C)C. The minimum Gasteiger partial charge on any atom is -0.382 e. The van der Waals surface area contributed by atoms with Crippen LogP contribution in [0.4, 0.5) is 11.4 Å². The van der Waals surface area contributed by atoms with Crippen molar-refractivity contribution >= 4 is 17.3 Å². The third kappa shape index (κ3) is 3.06. The molecule has 0 spiro atoms. The van der Waals surface area contributed by atoms with Gasteiger partial charge in [-0.25, -0.2) is 0 Å². The topological polar surface area (TPSA) is 44.4 Å². The number of hydrogen-bond donors (Lipinski definition) is 2. The van der Waals surface area contributed by atoms with Crippen molar-refractivity contribution in [1.29, 1.82) is 0 Å². The summed E-state index contributed by atoms with van der Waals surface area (Å²) in [5, 5.41) is 6.68. The summed E-state index contributed by atoms with van der Waals surface area (Å²) in [6, 6.07) is 6.08. The highest BCUT2D eigenvalue weighted by Crippen LogP contribution is 2.29. The average Bonchev–Trinajstić information content (AvgIpc) is 2.43. The van der Waals surface area contributed by atoms with Gasteiger partial charge >= 0.3 is 0 Å². The van der Waals surface area contributed by atoms with Gasteiger partial charge in [0.15, 0.2) is 0 Å². The molecule has 0 atom stereocenters. The summed E-state index contributed by atoms with van der Waals surface area (Å²) in [7, 11) is 0. The second-order valence-corrected chi connectivity index (χ2v) is 6.03. The van der Waals surface area contributed by atoms with Gasteiger partial charge in [-0.05, 0) is 31.9 Å². The first-order valence-electron chi connectivity index (χ1n) is 7.42. The lowest BCUT2D eigenvalue weighted by atomic mass is 10.1. The van der Waals surface area contributed by atoms with Crippen LogP contribution in [0.3, 0.4) is 0 Å². The quantitative estimate of drug-likeness (QED) is 0.887. The maximum absolute atomic E-state index is 12.9. The van der Waals surface area contributed by atoms with Gasteiger partial charge in [0.2, 0.25) is 0 Å². The fourth-order valence-corrected chi connectivity index (χ4v) is 2.53. The molecule has 1 aliphatic heterocycles. The summed E-state index contributed by atoms with van der Waals surface area (Å²) in [4.78, 5) is 14.8. The molecule has 1 aromatic rings. The predicted molar refractivity (Wildman–Crippen MR) is 84.4 cm³/mol. The molecule has 1 aromatic carbocycles. The molecule has 0 fully saturated rings. The Morgan fingerprint density at radius 2 is 1.90 bits per heavy atom. The molecule has 0 bridgehead atoms. The molecule has 4 nitrogen and oxygen atoms in total. The van der Waals surface area contributed by atoms with Gasteiger partial charge in [-0.2, -0.15) is 0 Å². The Morgan fingerprint density at radius 3 is 2.55 bits per heavy atom. The van der Waals surface area contributed by atoms with Crippen LogP contribution in [0, 0.1) is 5.92 Å². The van der Waals surface area contributed by atoms with E-state index in [2.05, 4.69) is 38.3 Å². The molecule has 1 aliphatic rings. The number of carbonyl (C=O) groups excluding carboxylic acids is 1. The van der Waals surface area contributed by atoms with Crippen LogP contribution in [-0.4, -0.2) is 36.5 Å². The number of amides is 1. The number of rotatable bonds is 4. The Labute approximate surface area is 121 Å². The van der Waals surface area contributed by atoms with E-state index >= 15 is 0 Å². The number of carbonyl (C=O) groups is 1. The Balaban J connectivity index is 2.32. The van der Waals surface area contributed by atoms with E-state index in [4.69, 9.17) is 0 Å². The Hall–Kier alpha value is -1.71. The molecule has 1 amide bonds. The van der Waals surface area contributed by atoms with Gasteiger partial charge in [0.05, 0.1) is 16.9 Å². The number of para-hydroxylation sites is 1. The number of hydrogen-bond acceptors (Lipinski definition) is 3. The van der Waals surface area contributed by atoms with Crippen LogP contribution in [0.25, 0.3) is 0 Å². The lowest BCUT2D eigenvalue weighted by Gasteiger charge is -2.30. The zero-order valence-corrected chi connectivity index (χ0v) is 12.9. The van der Waals surface area contributed by atoms with Crippen LogP contribution in [0.5, 0.6) is 0 Å². The summed E-state index contributed by atoms with van der Waals surface area (Å²) in [6.07, 6.45) is 0. The predicted octanol–water partition coefficient (Wildman–Crippen LogP) is 3.03. The van der Waals surface area contributed by atoms with E-state index in [9.17, 15) is 4.79 Å². The molecular weight excluding hydrogens is 250 g/mol. The first-order valence-corrected chi connectivity index (χ1v) is 7.42. The van der Waals surface area contributed by atoms with Crippen molar-refractivity contribution in [2.75, 3.05) is 30.3 Å². The largest absolute Gasteiger partial charge is 0.382 e. The molecule has 0 aromatic heterocycles. The molecule has 4 heteroatoms. The normalized spacial score (nSPS) is 13.7. The fourth-order valence-electron chi connectivity index (χ4n) is 2.53. The van der Waals surface area contributed by atoms with Crippen molar-refractivity contribution in [2.24, 2.45) is 5.92 Å². The zero-order chi connectivity index (χ0) is 14.7. The van der Waals surface area contributed by atoms with Crippen molar-refractivity contribution in [3.05, 3.63) is 23.8 Å². The highest BCUT2D eigenvalue weighted by Gasteiger charge is 2.24. The van der Waals surface area contributed by atoms with E-state index in [0.29, 0.717) is 5.92 Å². The van der Waals surface area contributed by atoms with Crippen LogP contribution in [0.15, 0.2) is 18.2 Å². The lowest BCUT2D eigenvalue weighted by molar-refractivity contribution is 0.0683. The van der Waals surface area contributed by atoms with Gasteiger partial charge in [0.1, 0.15) is 0 Å². The first kappa shape index (κ1) is 14.7. The third-order valence-electron chi connectivity index (χ3n) is 3.48. The molecule has 0 aliphatic carbocycles. The molecule has 0 saturated carbocycles. The van der Waals surface area contributed by atoms with E-state index in [1.165, 1.54) is 0 Å². The van der Waals surface area contributed by atoms with E-state index in [1.807, 2.05) is 23.1 Å². The van der Waals surface area contributed by atoms with Crippen LogP contribution in [0.1, 0.15) is 38.1 Å². The summed E-state index contributed by atoms with van der Waals surface area (Å²) in [5.74, 6) is 0.578. The molecule has 2 rings (SSSR count). The summed E-state index contributed by atoms with van der Waals surface area (Å²) < 4.78 is 0. The second-order valence-electron chi connectivity index (χ2n) is 6.03. The second kappa shape index (κ2) is 6.16. The third-order valence-corrected chi connectivity index (χ3v) is 3.48. The number of nitrogens with zero attached hydrogens (tertiary/aromatic N) is 1. The van der Waals surface area contributed by atoms with E-state index in [1.54, 1.807) is 0 Å². The Bertz CT molecular complexity index is 483. The molecular formula is C16H25N3O. The van der Waals surface area contributed by atoms with Gasteiger partial charge in [0.25, 0.3) is 5.91 Å². The van der Waals surface area contributed by atoms with Crippen molar-refractivity contribution in [3.8, 4) is 0 Å². The van der Waals surface area contributed by atoms with Crippen LogP contribution < -0.4 is 10.6 Å². The molecule has 1 heterocycles. The van der Waals surface area contributed by atoms with Gasteiger partial charge in [-0.3, -0.25) is 4.79 Å². The minimum atomic E-state index is 0.113. The number of fused-ring (bicyclic) bond motifs is 1. The Kier molecular flexibility index (Phi) is 4.53. The molecule has 0 unspecified atom stereocenters. The van der Waals surface area contributed by atoms with Crippen molar-refractivity contribution in [3.63, 3.8) is 0 Å². The van der Waals surface area contributed by atoms with E-state index in [0.717, 1.165) is 36.6 Å². The van der Waals surface area contributed by atoms with Crippen molar-refractivity contribution < 1.29 is 4.79 Å². The van der Waals surface area contributed by atoms with Crippen LogP contribution >= 0.6 is 0 Å². The molecule has 0 saturated heterocycles. The van der Waals surface area contributed by atoms with Crippen LogP contribution in [-0.2, 0) is 0 Å². The zero-order valence-electron chi connectivity index (χ0n) is 12.9. The van der Waals surface area contributed by atoms with Crippen molar-refractivity contribution in [1.82, 2.24) is 4.90 Å². The summed E-state index contributed by atoms with van der Waals surface area (Å²) >= 11 is 0. The first-order chi connectivity index (χ1) is 9.50. The van der Waals surface area contributed by atoms with Gasteiger partial charge in [0, 0.05) is 25.7 Å². The molecule has 0 radical (unpaired) electrons. The van der Waals surface area contributed by atoms with Crippen LogP contribution in [0.2, 0.25) is 0 Å². The lowest BCUT2D eigenvalue weighted by Crippen LogP contribution is -2.40. The monoisotopic (exact) mass is 275 g/mol. The summed E-state index contributed by atoms with van der Waals surface area (Å²) in [6.45, 7) is 11.0. The highest BCUT2D eigenvalue weighted by molar-refractivity contribution is 6.03. The smallest absolute Gasteiger partial charge is 0.256 e. The standard InChI is InChI=1S/C16H25N3O/c1-11(2)10-19(12(3)4)16(20)13-6-5-7-14-15(13)18-9-8-17-14/h5-7,11-12,17-18H,8-10H2,1-4H3. The summed E-state index contributed by atoms with van der Waals surface area (Å²) in [5.41, 5.74) is 2.73. The maximum atomic E-state index is 12.9. The number of anilines is 2. The van der Waals surface area contributed by atoms with Gasteiger partial charge < -0.3 is 15.5 Å². The number of nitrogens with one attached hydrogen (secondary N) is 2. The molecule has 20 heavy (non-hydrogen) atoms. The van der Waals surface area contributed by atoms with Gasteiger partial charge in [-0.15, -0.1) is 0 Å². The highest BCUT2D eigenvalue weighted by atomic mass is 16.2. The Morgan fingerprint density at radius 1 is 1.20 bits per heavy atom. The number of benzene rings is 1. The molecule has 110 valence electrons. The molecule has 2 N–H and O–H groups in total.